The minimum absolute atomic E-state index is 0.0797. The van der Waals surface area contributed by atoms with Gasteiger partial charge in [0.25, 0.3) is 5.91 Å². The fraction of sp³-hybridized carbons (Fsp3) is 0.188. The van der Waals surface area contributed by atoms with Gasteiger partial charge >= 0.3 is 0 Å². The molecular formula is C16H17ClN2O2. The van der Waals surface area contributed by atoms with Gasteiger partial charge in [-0.05, 0) is 36.8 Å². The predicted molar refractivity (Wildman–Crippen MR) is 84.4 cm³/mol. The molecule has 0 unspecified atom stereocenters. The molecule has 0 radical (unpaired) electrons. The second-order valence-corrected chi connectivity index (χ2v) is 5.12. The Balaban J connectivity index is 2.27. The number of nitrogens with two attached hydrogens (primary N) is 1. The van der Waals surface area contributed by atoms with Gasteiger partial charge in [-0.25, -0.2) is 0 Å². The van der Waals surface area contributed by atoms with E-state index in [-0.39, 0.29) is 17.2 Å². The fourth-order valence-corrected chi connectivity index (χ4v) is 2.23. The summed E-state index contributed by atoms with van der Waals surface area (Å²) in [6, 6.07) is 11.8. The second kappa shape index (κ2) is 6.50. The maximum absolute atomic E-state index is 12.5. The molecule has 3 N–H and O–H groups in total. The van der Waals surface area contributed by atoms with Crippen molar-refractivity contribution in [3.05, 3.63) is 58.6 Å². The van der Waals surface area contributed by atoms with Crippen LogP contribution in [0.5, 0.6) is 5.75 Å². The van der Waals surface area contributed by atoms with E-state index in [1.54, 1.807) is 17.0 Å². The lowest BCUT2D eigenvalue weighted by Gasteiger charge is -2.22. The van der Waals surface area contributed by atoms with Crippen LogP contribution in [0.3, 0.4) is 0 Å². The van der Waals surface area contributed by atoms with E-state index in [4.69, 9.17) is 17.3 Å². The number of anilines is 1. The number of halogens is 1. The number of nitrogen functional groups attached to an aromatic ring is 1. The molecule has 0 saturated carbocycles. The Morgan fingerprint density at radius 2 is 2.00 bits per heavy atom. The van der Waals surface area contributed by atoms with Crippen molar-refractivity contribution in [1.29, 1.82) is 0 Å². The molecular weight excluding hydrogens is 288 g/mol. The number of rotatable bonds is 4. The molecule has 0 bridgehead atoms. The van der Waals surface area contributed by atoms with Crippen molar-refractivity contribution >= 4 is 23.2 Å². The molecule has 5 heteroatoms. The Labute approximate surface area is 128 Å². The number of hydrogen-bond acceptors (Lipinski definition) is 3. The lowest BCUT2D eigenvalue weighted by atomic mass is 10.1. The van der Waals surface area contributed by atoms with Gasteiger partial charge in [0.2, 0.25) is 0 Å². The number of carbonyl (C=O) groups excluding carboxylic acids is 1. The molecule has 2 aromatic carbocycles. The summed E-state index contributed by atoms with van der Waals surface area (Å²) < 4.78 is 0. The summed E-state index contributed by atoms with van der Waals surface area (Å²) >= 11 is 5.89. The highest BCUT2D eigenvalue weighted by Crippen LogP contribution is 2.24. The van der Waals surface area contributed by atoms with Crippen LogP contribution in [0.4, 0.5) is 5.69 Å². The lowest BCUT2D eigenvalue weighted by molar-refractivity contribution is 0.0750. The maximum atomic E-state index is 12.5. The molecule has 1 amide bonds. The number of phenolic OH excluding ortho intramolecular Hbond substituents is 1. The van der Waals surface area contributed by atoms with E-state index in [1.807, 2.05) is 25.1 Å². The van der Waals surface area contributed by atoms with E-state index in [9.17, 15) is 9.90 Å². The zero-order chi connectivity index (χ0) is 15.4. The monoisotopic (exact) mass is 304 g/mol. The molecule has 21 heavy (non-hydrogen) atoms. The van der Waals surface area contributed by atoms with Crippen LogP contribution < -0.4 is 5.73 Å². The van der Waals surface area contributed by atoms with Crippen molar-refractivity contribution < 1.29 is 9.90 Å². The summed E-state index contributed by atoms with van der Waals surface area (Å²) in [6.07, 6.45) is 0. The SMILES string of the molecule is CCN(Cc1ccccc1N)C(=O)c1cc(Cl)ccc1O. The van der Waals surface area contributed by atoms with Gasteiger partial charge in [0.15, 0.2) is 0 Å². The predicted octanol–water partition coefficient (Wildman–Crippen LogP) is 3.29. The molecule has 0 aromatic heterocycles. The van der Waals surface area contributed by atoms with Gasteiger partial charge in [-0.1, -0.05) is 29.8 Å². The summed E-state index contributed by atoms with van der Waals surface area (Å²) in [5.74, 6) is -0.357. The summed E-state index contributed by atoms with van der Waals surface area (Å²) in [7, 11) is 0. The number of phenols is 1. The molecule has 2 aromatic rings. The van der Waals surface area contributed by atoms with Crippen molar-refractivity contribution in [1.82, 2.24) is 4.90 Å². The molecule has 0 aliphatic heterocycles. The van der Waals surface area contributed by atoms with Crippen molar-refractivity contribution in [2.24, 2.45) is 0 Å². The average Bonchev–Trinajstić information content (AvgIpc) is 2.48. The van der Waals surface area contributed by atoms with Crippen LogP contribution in [0, 0.1) is 0 Å². The highest BCUT2D eigenvalue weighted by molar-refractivity contribution is 6.31. The molecule has 0 saturated heterocycles. The number of para-hydroxylation sites is 1. The number of amides is 1. The van der Waals surface area contributed by atoms with E-state index in [1.165, 1.54) is 12.1 Å². The van der Waals surface area contributed by atoms with Gasteiger partial charge in [-0.15, -0.1) is 0 Å². The third kappa shape index (κ3) is 3.47. The highest BCUT2D eigenvalue weighted by atomic mass is 35.5. The third-order valence-corrected chi connectivity index (χ3v) is 3.51. The number of aromatic hydroxyl groups is 1. The summed E-state index contributed by atoms with van der Waals surface area (Å²) in [5, 5.41) is 10.2. The normalized spacial score (nSPS) is 10.4. The van der Waals surface area contributed by atoms with Crippen molar-refractivity contribution in [3.8, 4) is 5.75 Å². The van der Waals surface area contributed by atoms with E-state index < -0.39 is 0 Å². The van der Waals surface area contributed by atoms with Crippen LogP contribution in [0.1, 0.15) is 22.8 Å². The molecule has 110 valence electrons. The first-order valence-electron chi connectivity index (χ1n) is 6.64. The first kappa shape index (κ1) is 15.2. The van der Waals surface area contributed by atoms with Crippen molar-refractivity contribution in [3.63, 3.8) is 0 Å². The number of hydrogen-bond donors (Lipinski definition) is 2. The van der Waals surface area contributed by atoms with Gasteiger partial charge in [-0.2, -0.15) is 0 Å². The van der Waals surface area contributed by atoms with E-state index in [0.29, 0.717) is 23.8 Å². The zero-order valence-corrected chi connectivity index (χ0v) is 12.5. The van der Waals surface area contributed by atoms with Crippen molar-refractivity contribution in [2.45, 2.75) is 13.5 Å². The second-order valence-electron chi connectivity index (χ2n) is 4.68. The van der Waals surface area contributed by atoms with Gasteiger partial charge in [0, 0.05) is 23.8 Å². The topological polar surface area (TPSA) is 66.6 Å². The van der Waals surface area contributed by atoms with E-state index >= 15 is 0 Å². The molecule has 0 heterocycles. The first-order chi connectivity index (χ1) is 10.0. The molecule has 4 nitrogen and oxygen atoms in total. The summed E-state index contributed by atoms with van der Waals surface area (Å²) in [4.78, 5) is 14.1. The van der Waals surface area contributed by atoms with Gasteiger partial charge in [0.1, 0.15) is 5.75 Å². The standard InChI is InChI=1S/C16H17ClN2O2/c1-2-19(10-11-5-3-4-6-14(11)18)16(21)13-9-12(17)7-8-15(13)20/h3-9,20H,2,10,18H2,1H3. The van der Waals surface area contributed by atoms with E-state index in [0.717, 1.165) is 5.56 Å². The van der Waals surface area contributed by atoms with Crippen molar-refractivity contribution in [2.75, 3.05) is 12.3 Å². The first-order valence-corrected chi connectivity index (χ1v) is 7.02. The Kier molecular flexibility index (Phi) is 4.70. The molecule has 2 rings (SSSR count). The van der Waals surface area contributed by atoms with Crippen LogP contribution >= 0.6 is 11.6 Å². The summed E-state index contributed by atoms with van der Waals surface area (Å²) in [6.45, 7) is 2.76. The molecule has 0 aliphatic rings. The maximum Gasteiger partial charge on any atom is 0.257 e. The molecule has 0 fully saturated rings. The Bertz CT molecular complexity index is 658. The van der Waals surface area contributed by atoms with Gasteiger partial charge in [0.05, 0.1) is 5.56 Å². The van der Waals surface area contributed by atoms with Crippen LogP contribution in [0.2, 0.25) is 5.02 Å². The van der Waals surface area contributed by atoms with E-state index in [2.05, 4.69) is 0 Å². The van der Waals surface area contributed by atoms with Crippen LogP contribution in [-0.4, -0.2) is 22.5 Å². The molecule has 0 spiro atoms. The van der Waals surface area contributed by atoms with Crippen LogP contribution in [0.25, 0.3) is 0 Å². The van der Waals surface area contributed by atoms with Gasteiger partial charge < -0.3 is 15.7 Å². The minimum Gasteiger partial charge on any atom is -0.507 e. The Morgan fingerprint density at radius 1 is 1.29 bits per heavy atom. The van der Waals surface area contributed by atoms with Crippen LogP contribution in [0.15, 0.2) is 42.5 Å². The number of carbonyl (C=O) groups is 1. The lowest BCUT2D eigenvalue weighted by Crippen LogP contribution is -2.30. The Morgan fingerprint density at radius 3 is 2.67 bits per heavy atom. The molecule has 0 aliphatic carbocycles. The smallest absolute Gasteiger partial charge is 0.257 e. The fourth-order valence-electron chi connectivity index (χ4n) is 2.06. The number of nitrogens with zero attached hydrogens (tertiary/aromatic N) is 1. The minimum atomic E-state index is -0.277. The number of benzene rings is 2. The third-order valence-electron chi connectivity index (χ3n) is 3.27. The zero-order valence-electron chi connectivity index (χ0n) is 11.7. The highest BCUT2D eigenvalue weighted by Gasteiger charge is 2.19. The van der Waals surface area contributed by atoms with Gasteiger partial charge in [-0.3, -0.25) is 4.79 Å². The Hall–Kier alpha value is -2.20. The quantitative estimate of drug-likeness (QED) is 0.852. The molecule has 0 atom stereocenters. The van der Waals surface area contributed by atoms with Crippen LogP contribution in [-0.2, 0) is 6.54 Å². The average molecular weight is 305 g/mol. The largest absolute Gasteiger partial charge is 0.507 e. The summed E-state index contributed by atoms with van der Waals surface area (Å²) in [5.41, 5.74) is 7.61.